The van der Waals surface area contributed by atoms with Crippen LogP contribution in [0.25, 0.3) is 0 Å². The third-order valence-electron chi connectivity index (χ3n) is 1.76. The Morgan fingerprint density at radius 3 is 2.83 bits per heavy atom. The van der Waals surface area contributed by atoms with Crippen molar-refractivity contribution >= 4 is 18.3 Å². The van der Waals surface area contributed by atoms with Crippen molar-refractivity contribution in [1.29, 1.82) is 0 Å². The van der Waals surface area contributed by atoms with Gasteiger partial charge in [-0.05, 0) is 18.8 Å². The van der Waals surface area contributed by atoms with Crippen LogP contribution < -0.4 is 0 Å². The standard InChI is InChI=1S/C7H11N3O2/c1-7(2)6(4-9-12-3)8-5-10(7)11/h4-5H,1-3H3. The molecule has 0 saturated carbocycles. The first-order chi connectivity index (χ1) is 5.59. The third-order valence-corrected chi connectivity index (χ3v) is 1.76. The molecule has 0 unspecified atom stereocenters. The lowest BCUT2D eigenvalue weighted by Crippen LogP contribution is -2.38. The lowest BCUT2D eigenvalue weighted by atomic mass is 10.0. The first-order valence-electron chi connectivity index (χ1n) is 3.53. The zero-order chi connectivity index (χ0) is 9.19. The predicted molar refractivity (Wildman–Crippen MR) is 46.7 cm³/mol. The molecule has 0 aliphatic carbocycles. The molecule has 0 amide bonds. The van der Waals surface area contributed by atoms with Crippen molar-refractivity contribution in [1.82, 2.24) is 0 Å². The van der Waals surface area contributed by atoms with E-state index in [1.807, 2.05) is 0 Å². The van der Waals surface area contributed by atoms with Crippen molar-refractivity contribution in [3.63, 3.8) is 0 Å². The van der Waals surface area contributed by atoms with Crippen molar-refractivity contribution in [2.24, 2.45) is 10.1 Å². The lowest BCUT2D eigenvalue weighted by Gasteiger charge is -2.20. The second-order valence-corrected chi connectivity index (χ2v) is 2.93. The van der Waals surface area contributed by atoms with Gasteiger partial charge in [-0.1, -0.05) is 5.16 Å². The Kier molecular flexibility index (Phi) is 2.12. The predicted octanol–water partition coefficient (Wildman–Crippen LogP) is 0.390. The maximum Gasteiger partial charge on any atom is 0.285 e. The molecule has 0 aromatic heterocycles. The van der Waals surface area contributed by atoms with Crippen molar-refractivity contribution < 1.29 is 9.58 Å². The fourth-order valence-electron chi connectivity index (χ4n) is 0.824. The largest absolute Gasteiger partial charge is 0.715 e. The molecule has 1 heterocycles. The van der Waals surface area contributed by atoms with E-state index in [4.69, 9.17) is 0 Å². The van der Waals surface area contributed by atoms with Crippen LogP contribution in [0.3, 0.4) is 0 Å². The number of hydroxylamine groups is 1. The summed E-state index contributed by atoms with van der Waals surface area (Å²) in [5, 5.41) is 14.7. The Bertz CT molecular complexity index is 266. The van der Waals surface area contributed by atoms with Crippen LogP contribution in [0.2, 0.25) is 0 Å². The van der Waals surface area contributed by atoms with E-state index in [-0.39, 0.29) is 0 Å². The minimum atomic E-state index is -0.637. The molecule has 1 aliphatic heterocycles. The second kappa shape index (κ2) is 2.92. The fraction of sp³-hybridized carbons (Fsp3) is 0.571. The Balaban J connectivity index is 2.79. The van der Waals surface area contributed by atoms with Crippen LogP contribution in [0, 0.1) is 5.21 Å². The molecule has 0 aromatic rings. The maximum absolute atomic E-state index is 11.1. The van der Waals surface area contributed by atoms with Gasteiger partial charge in [-0.25, -0.2) is 0 Å². The molecular weight excluding hydrogens is 158 g/mol. The molecule has 5 nitrogen and oxygen atoms in total. The number of oxime groups is 1. The molecule has 0 fully saturated rings. The molecule has 0 saturated heterocycles. The van der Waals surface area contributed by atoms with E-state index in [1.165, 1.54) is 19.7 Å². The van der Waals surface area contributed by atoms with Crippen LogP contribution in [0.4, 0.5) is 0 Å². The molecule has 0 radical (unpaired) electrons. The molecule has 66 valence electrons. The van der Waals surface area contributed by atoms with Crippen LogP contribution >= 0.6 is 0 Å². The van der Waals surface area contributed by atoms with Crippen LogP contribution in [-0.4, -0.2) is 35.7 Å². The summed E-state index contributed by atoms with van der Waals surface area (Å²) in [7, 11) is 1.44. The Hall–Kier alpha value is -1.39. The molecule has 5 heteroatoms. The number of hydrogen-bond donors (Lipinski definition) is 0. The van der Waals surface area contributed by atoms with Gasteiger partial charge in [0.25, 0.3) is 6.34 Å². The van der Waals surface area contributed by atoms with Gasteiger partial charge in [0.2, 0.25) is 5.71 Å². The molecule has 0 bridgehead atoms. The number of hydrogen-bond acceptors (Lipinski definition) is 4. The second-order valence-electron chi connectivity index (χ2n) is 2.93. The summed E-state index contributed by atoms with van der Waals surface area (Å²) in [5.74, 6) is 0. The summed E-state index contributed by atoms with van der Waals surface area (Å²) in [6, 6.07) is 0. The van der Waals surface area contributed by atoms with E-state index < -0.39 is 5.54 Å². The van der Waals surface area contributed by atoms with Gasteiger partial charge in [-0.3, -0.25) is 4.74 Å². The smallest absolute Gasteiger partial charge is 0.285 e. The average molecular weight is 169 g/mol. The van der Waals surface area contributed by atoms with Crippen LogP contribution in [0.15, 0.2) is 10.1 Å². The Morgan fingerprint density at radius 2 is 2.42 bits per heavy atom. The van der Waals surface area contributed by atoms with Gasteiger partial charge in [-0.15, -0.1) is 0 Å². The van der Waals surface area contributed by atoms with Crippen molar-refractivity contribution in [3.8, 4) is 0 Å². The van der Waals surface area contributed by atoms with Gasteiger partial charge in [0, 0.05) is 0 Å². The van der Waals surface area contributed by atoms with Gasteiger partial charge in [-0.2, -0.15) is 0 Å². The average Bonchev–Trinajstić information content (AvgIpc) is 2.25. The molecule has 0 N–H and O–H groups in total. The Morgan fingerprint density at radius 1 is 1.75 bits per heavy atom. The third kappa shape index (κ3) is 1.30. The first kappa shape index (κ1) is 8.70. The molecule has 0 aromatic carbocycles. The highest BCUT2D eigenvalue weighted by Crippen LogP contribution is 2.13. The van der Waals surface area contributed by atoms with E-state index in [0.29, 0.717) is 5.71 Å². The minimum Gasteiger partial charge on any atom is -0.715 e. The highest BCUT2D eigenvalue weighted by atomic mass is 16.6. The fourth-order valence-corrected chi connectivity index (χ4v) is 0.824. The zero-order valence-electron chi connectivity index (χ0n) is 7.31. The highest BCUT2D eigenvalue weighted by molar-refractivity contribution is 6.35. The first-order valence-corrected chi connectivity index (χ1v) is 3.53. The lowest BCUT2D eigenvalue weighted by molar-refractivity contribution is -0.508. The summed E-state index contributed by atoms with van der Waals surface area (Å²) in [4.78, 5) is 8.37. The van der Waals surface area contributed by atoms with Gasteiger partial charge >= 0.3 is 0 Å². The highest BCUT2D eigenvalue weighted by Gasteiger charge is 2.36. The number of rotatable bonds is 2. The van der Waals surface area contributed by atoms with E-state index >= 15 is 0 Å². The van der Waals surface area contributed by atoms with E-state index in [0.717, 1.165) is 4.74 Å². The summed E-state index contributed by atoms with van der Waals surface area (Å²) in [6.45, 7) is 3.54. The molecule has 1 rings (SSSR count). The van der Waals surface area contributed by atoms with Gasteiger partial charge in [0.1, 0.15) is 13.3 Å². The van der Waals surface area contributed by atoms with Gasteiger partial charge in [0.15, 0.2) is 5.54 Å². The molecule has 0 spiro atoms. The summed E-state index contributed by atoms with van der Waals surface area (Å²) < 4.78 is 0.782. The molecule has 0 atom stereocenters. The normalized spacial score (nSPS) is 20.9. The van der Waals surface area contributed by atoms with Gasteiger partial charge in [0.05, 0.1) is 0 Å². The molecule has 1 aliphatic rings. The Labute approximate surface area is 70.6 Å². The number of aliphatic imine (C=N–C) groups is 1. The van der Waals surface area contributed by atoms with E-state index in [2.05, 4.69) is 15.0 Å². The summed E-state index contributed by atoms with van der Waals surface area (Å²) in [5.41, 5.74) is -0.0403. The van der Waals surface area contributed by atoms with Crippen LogP contribution in [0.5, 0.6) is 0 Å². The van der Waals surface area contributed by atoms with Crippen LogP contribution in [0.1, 0.15) is 13.8 Å². The zero-order valence-corrected chi connectivity index (χ0v) is 7.31. The van der Waals surface area contributed by atoms with Crippen molar-refractivity contribution in [3.05, 3.63) is 5.21 Å². The number of nitrogens with zero attached hydrogens (tertiary/aromatic N) is 3. The van der Waals surface area contributed by atoms with Crippen molar-refractivity contribution in [2.75, 3.05) is 7.11 Å². The van der Waals surface area contributed by atoms with Crippen molar-refractivity contribution in [2.45, 2.75) is 19.4 Å². The molecule has 12 heavy (non-hydrogen) atoms. The SMILES string of the molecule is CON=CC1=NC=[N+]([O-])C1(C)C. The van der Waals surface area contributed by atoms with Crippen LogP contribution in [-0.2, 0) is 4.84 Å². The minimum absolute atomic E-state index is 0.597. The van der Waals surface area contributed by atoms with E-state index in [9.17, 15) is 5.21 Å². The quantitative estimate of drug-likeness (QED) is 0.260. The van der Waals surface area contributed by atoms with E-state index in [1.54, 1.807) is 13.8 Å². The monoisotopic (exact) mass is 169 g/mol. The maximum atomic E-state index is 11.1. The topological polar surface area (TPSA) is 60.0 Å². The molecular formula is C7H11N3O2. The summed E-state index contributed by atoms with van der Waals surface area (Å²) in [6.07, 6.45) is 2.67. The van der Waals surface area contributed by atoms with Gasteiger partial charge < -0.3 is 10.0 Å². The summed E-state index contributed by atoms with van der Waals surface area (Å²) >= 11 is 0.